The molecule has 75 heavy (non-hydrogen) atoms. The average molecular weight is 974 g/mol. The molecule has 0 unspecified atom stereocenters. The average Bonchev–Trinajstić information content (AvgIpc) is 4.30. The first-order chi connectivity index (χ1) is 37.2. The van der Waals surface area contributed by atoms with Gasteiger partial charge in [-0.25, -0.2) is 0 Å². The molecular formula is C66H41B2N5OS. The lowest BCUT2D eigenvalue weighted by atomic mass is 9.31. The van der Waals surface area contributed by atoms with Crippen LogP contribution in [0.1, 0.15) is 0 Å². The van der Waals surface area contributed by atoms with Gasteiger partial charge in [-0.1, -0.05) is 133 Å². The highest BCUT2D eigenvalue weighted by Gasteiger charge is 2.48. The number of hydrogen-bond donors (Lipinski definition) is 0. The van der Waals surface area contributed by atoms with Crippen LogP contribution < -0.4 is 51.5 Å². The SMILES string of the molecule is c1ccc(N2c3ccccc3B3c4cc5c(cc4N(c4ccccc4)c4cc(-n6ccc7ccccc76)cc2c43)Oc2cc(-n3ccc4ccccc43)cc3c2B5c2sc4ccccc4c2N3c2ccccc2)cc1. The minimum Gasteiger partial charge on any atom is -0.458 e. The molecule has 0 N–H and O–H groups in total. The molecule has 0 atom stereocenters. The van der Waals surface area contributed by atoms with Gasteiger partial charge in [0.05, 0.1) is 22.4 Å². The maximum absolute atomic E-state index is 7.59. The van der Waals surface area contributed by atoms with E-state index in [-0.39, 0.29) is 13.4 Å². The summed E-state index contributed by atoms with van der Waals surface area (Å²) in [6.07, 6.45) is 4.41. The fourth-order valence-corrected chi connectivity index (χ4v) is 14.4. The van der Waals surface area contributed by atoms with Crippen LogP contribution in [0.25, 0.3) is 43.3 Å². The van der Waals surface area contributed by atoms with Gasteiger partial charge in [-0.3, -0.25) is 0 Å². The van der Waals surface area contributed by atoms with Gasteiger partial charge in [0.1, 0.15) is 11.5 Å². The molecule has 6 nitrogen and oxygen atoms in total. The Hall–Kier alpha value is -9.43. The van der Waals surface area contributed by atoms with Crippen LogP contribution in [0.15, 0.2) is 249 Å². The molecule has 17 rings (SSSR count). The van der Waals surface area contributed by atoms with Crippen LogP contribution in [0.5, 0.6) is 11.5 Å². The second kappa shape index (κ2) is 15.5. The van der Waals surface area contributed by atoms with Gasteiger partial charge in [-0.05, 0) is 129 Å². The maximum atomic E-state index is 7.59. The van der Waals surface area contributed by atoms with Crippen LogP contribution in [0.2, 0.25) is 0 Å². The Morgan fingerprint density at radius 3 is 1.55 bits per heavy atom. The van der Waals surface area contributed by atoms with E-state index >= 15 is 0 Å². The summed E-state index contributed by atoms with van der Waals surface area (Å²) >= 11 is 1.91. The predicted molar refractivity (Wildman–Crippen MR) is 315 cm³/mol. The molecule has 0 fully saturated rings. The molecule has 10 aromatic carbocycles. The molecule has 0 amide bonds. The Kier molecular flexibility index (Phi) is 8.51. The first-order valence-electron chi connectivity index (χ1n) is 25.7. The van der Waals surface area contributed by atoms with Crippen molar-refractivity contribution >= 4 is 140 Å². The van der Waals surface area contributed by atoms with Gasteiger partial charge in [0.2, 0.25) is 0 Å². The maximum Gasteiger partial charge on any atom is 0.268 e. The van der Waals surface area contributed by atoms with Crippen molar-refractivity contribution in [3.63, 3.8) is 0 Å². The van der Waals surface area contributed by atoms with Gasteiger partial charge in [0.25, 0.3) is 13.4 Å². The molecule has 9 heteroatoms. The Labute approximate surface area is 437 Å². The molecule has 0 radical (unpaired) electrons. The molecule has 13 aromatic rings. The first-order valence-corrected chi connectivity index (χ1v) is 26.5. The molecule has 0 saturated heterocycles. The molecule has 7 heterocycles. The van der Waals surface area contributed by atoms with E-state index in [1.807, 2.05) is 11.3 Å². The normalized spacial score (nSPS) is 13.6. The predicted octanol–water partition coefficient (Wildman–Crippen LogP) is 13.3. The lowest BCUT2D eigenvalue weighted by Crippen LogP contribution is -2.64. The van der Waals surface area contributed by atoms with Gasteiger partial charge in [-0.2, -0.15) is 0 Å². The molecule has 4 aliphatic rings. The van der Waals surface area contributed by atoms with Crippen molar-refractivity contribution in [2.75, 3.05) is 14.7 Å². The number of ether oxygens (including phenoxy) is 1. The number of anilines is 9. The van der Waals surface area contributed by atoms with Gasteiger partial charge < -0.3 is 28.6 Å². The van der Waals surface area contributed by atoms with E-state index in [0.717, 1.165) is 73.7 Å². The minimum atomic E-state index is -0.109. The number of aromatic nitrogens is 2. The molecule has 4 aliphatic heterocycles. The van der Waals surface area contributed by atoms with Crippen LogP contribution in [-0.4, -0.2) is 22.6 Å². The quantitative estimate of drug-likeness (QED) is 0.161. The Balaban J connectivity index is 0.971. The van der Waals surface area contributed by atoms with E-state index < -0.39 is 0 Å². The van der Waals surface area contributed by atoms with Gasteiger partial charge >= 0.3 is 0 Å². The zero-order valence-electron chi connectivity index (χ0n) is 40.4. The van der Waals surface area contributed by atoms with Crippen molar-refractivity contribution in [3.05, 3.63) is 249 Å². The van der Waals surface area contributed by atoms with Crippen molar-refractivity contribution in [1.29, 1.82) is 0 Å². The van der Waals surface area contributed by atoms with Crippen LogP contribution in [0.3, 0.4) is 0 Å². The highest BCUT2D eigenvalue weighted by atomic mass is 32.1. The Morgan fingerprint density at radius 2 is 0.880 bits per heavy atom. The summed E-state index contributed by atoms with van der Waals surface area (Å²) in [6.45, 7) is -0.208. The zero-order valence-corrected chi connectivity index (χ0v) is 41.2. The van der Waals surface area contributed by atoms with Gasteiger partial charge in [-0.15, -0.1) is 11.3 Å². The minimum absolute atomic E-state index is 0.0987. The summed E-state index contributed by atoms with van der Waals surface area (Å²) < 4.78 is 14.8. The summed E-state index contributed by atoms with van der Waals surface area (Å²) in [5, 5.41) is 3.65. The highest BCUT2D eigenvalue weighted by molar-refractivity contribution is 7.33. The number of rotatable bonds is 5. The standard InChI is InChI=1S/C66H41B2N5OS/c1-4-20-44(21-5-1)71-55-30-16-13-27-50(55)67-51-40-52-60(41-56(51)72(45-22-6-2-7-23-45)58-37-47(36-57(71)63(58)67)69-34-32-42-18-10-14-28-53(42)69)74-61-39-48(70-35-33-43-19-11-15-29-54(43)70)38-59-64(61)68(52)66-65(49-26-12-17-31-62(49)75-66)73(59)46-24-8-3-9-25-46/h1-41H. The fraction of sp³-hybridized carbons (Fsp3) is 0. The van der Waals surface area contributed by atoms with Gasteiger partial charge in [0.15, 0.2) is 0 Å². The Bertz CT molecular complexity index is 4510. The van der Waals surface area contributed by atoms with Crippen molar-refractivity contribution in [3.8, 4) is 22.9 Å². The Morgan fingerprint density at radius 1 is 0.347 bits per heavy atom. The van der Waals surface area contributed by atoms with Crippen molar-refractivity contribution in [2.45, 2.75) is 0 Å². The summed E-state index contributed by atoms with van der Waals surface area (Å²) in [6, 6.07) is 86.9. The summed E-state index contributed by atoms with van der Waals surface area (Å²) in [5.41, 5.74) is 20.9. The fourth-order valence-electron chi connectivity index (χ4n) is 13.0. The van der Waals surface area contributed by atoms with Crippen molar-refractivity contribution < 1.29 is 4.74 Å². The molecule has 348 valence electrons. The molecule has 0 aliphatic carbocycles. The number of nitrogens with zero attached hydrogens (tertiary/aromatic N) is 5. The monoisotopic (exact) mass is 973 g/mol. The van der Waals surface area contributed by atoms with Crippen LogP contribution in [0, 0.1) is 0 Å². The second-order valence-corrected chi connectivity index (χ2v) is 21.1. The highest BCUT2D eigenvalue weighted by Crippen LogP contribution is 2.50. The van der Waals surface area contributed by atoms with E-state index in [1.54, 1.807) is 0 Å². The van der Waals surface area contributed by atoms with Crippen molar-refractivity contribution in [1.82, 2.24) is 9.13 Å². The lowest BCUT2D eigenvalue weighted by molar-refractivity contribution is 0.487. The van der Waals surface area contributed by atoms with Crippen molar-refractivity contribution in [2.24, 2.45) is 0 Å². The number of thiophene rings is 1. The number of benzene rings is 10. The van der Waals surface area contributed by atoms with E-state index in [1.165, 1.54) is 64.3 Å². The third kappa shape index (κ3) is 5.81. The molecule has 3 aromatic heterocycles. The molecular weight excluding hydrogens is 932 g/mol. The number of hydrogen-bond acceptors (Lipinski definition) is 5. The summed E-state index contributed by atoms with van der Waals surface area (Å²) in [7, 11) is 0. The first kappa shape index (κ1) is 41.1. The largest absolute Gasteiger partial charge is 0.458 e. The lowest BCUT2D eigenvalue weighted by Gasteiger charge is -2.45. The van der Waals surface area contributed by atoms with Crippen LogP contribution >= 0.6 is 11.3 Å². The smallest absolute Gasteiger partial charge is 0.268 e. The van der Waals surface area contributed by atoms with E-state index in [4.69, 9.17) is 4.74 Å². The third-order valence-corrected chi connectivity index (χ3v) is 17.4. The zero-order chi connectivity index (χ0) is 48.9. The van der Waals surface area contributed by atoms with E-state index in [0.29, 0.717) is 0 Å². The summed E-state index contributed by atoms with van der Waals surface area (Å²) in [5.74, 6) is 1.74. The van der Waals surface area contributed by atoms with E-state index in [2.05, 4.69) is 273 Å². The van der Waals surface area contributed by atoms with Gasteiger partial charge in [0, 0.05) is 90.6 Å². The second-order valence-electron chi connectivity index (χ2n) is 20.1. The number of para-hydroxylation sites is 6. The van der Waals surface area contributed by atoms with Crippen LogP contribution in [-0.2, 0) is 0 Å². The molecule has 0 saturated carbocycles. The van der Waals surface area contributed by atoms with Crippen LogP contribution in [0.4, 0.5) is 51.2 Å². The van der Waals surface area contributed by atoms with E-state index in [9.17, 15) is 0 Å². The summed E-state index contributed by atoms with van der Waals surface area (Å²) in [4.78, 5) is 7.51. The molecule has 0 spiro atoms. The molecule has 0 bridgehead atoms. The number of fused-ring (bicyclic) bond motifs is 12. The third-order valence-electron chi connectivity index (χ3n) is 16.1. The topological polar surface area (TPSA) is 28.8 Å².